The Bertz CT molecular complexity index is 266. The van der Waals surface area contributed by atoms with Gasteiger partial charge in [0.2, 0.25) is 0 Å². The van der Waals surface area contributed by atoms with E-state index in [4.69, 9.17) is 0 Å². The summed E-state index contributed by atoms with van der Waals surface area (Å²) in [5.41, 5.74) is 0.684. The Morgan fingerprint density at radius 1 is 1.18 bits per heavy atom. The average Bonchev–Trinajstić information content (AvgIpc) is 3.09. The van der Waals surface area contributed by atoms with Crippen molar-refractivity contribution in [3.63, 3.8) is 0 Å². The van der Waals surface area contributed by atoms with Crippen molar-refractivity contribution in [1.82, 2.24) is 10.2 Å². The first-order chi connectivity index (χ1) is 7.93. The van der Waals surface area contributed by atoms with Gasteiger partial charge in [0, 0.05) is 30.2 Å². The molecule has 1 aliphatic carbocycles. The number of piperazine rings is 1. The van der Waals surface area contributed by atoms with Crippen LogP contribution in [0.25, 0.3) is 0 Å². The fourth-order valence-electron chi connectivity index (χ4n) is 3.49. The summed E-state index contributed by atoms with van der Waals surface area (Å²) in [7, 11) is 0. The Labute approximate surface area is 107 Å². The molecule has 2 aliphatic rings. The second-order valence-electron chi connectivity index (χ2n) is 6.96. The monoisotopic (exact) mass is 238 g/mol. The predicted octanol–water partition coefficient (Wildman–Crippen LogP) is 3.03. The maximum atomic E-state index is 3.84. The van der Waals surface area contributed by atoms with Crippen LogP contribution in [0.4, 0.5) is 0 Å². The third-order valence-corrected chi connectivity index (χ3v) is 5.06. The molecule has 2 rings (SSSR count). The van der Waals surface area contributed by atoms with E-state index in [1.165, 1.54) is 32.2 Å². The lowest BCUT2D eigenvalue weighted by molar-refractivity contribution is -0.0118. The van der Waals surface area contributed by atoms with Gasteiger partial charge in [0.15, 0.2) is 0 Å². The molecule has 0 aromatic rings. The van der Waals surface area contributed by atoms with E-state index in [1.54, 1.807) is 0 Å². The summed E-state index contributed by atoms with van der Waals surface area (Å²) in [5, 5.41) is 3.84. The summed E-state index contributed by atoms with van der Waals surface area (Å²) in [6, 6.07) is 0.755. The smallest absolute Gasteiger partial charge is 0.0309 e. The summed E-state index contributed by atoms with van der Waals surface area (Å²) >= 11 is 0. The van der Waals surface area contributed by atoms with Gasteiger partial charge in [-0.1, -0.05) is 13.8 Å². The molecular weight excluding hydrogens is 208 g/mol. The predicted molar refractivity (Wildman–Crippen MR) is 74.3 cm³/mol. The van der Waals surface area contributed by atoms with Gasteiger partial charge in [0.1, 0.15) is 0 Å². The third-order valence-electron chi connectivity index (χ3n) is 5.06. The summed E-state index contributed by atoms with van der Waals surface area (Å²) in [6.45, 7) is 14.3. The molecule has 0 bridgehead atoms. The molecule has 0 amide bonds. The SMILES string of the molecule is CCC(CC)N1CC(C)(C2CC2)NCC1(C)C. The van der Waals surface area contributed by atoms with Gasteiger partial charge in [-0.3, -0.25) is 4.90 Å². The molecule has 1 unspecified atom stereocenters. The van der Waals surface area contributed by atoms with Gasteiger partial charge >= 0.3 is 0 Å². The van der Waals surface area contributed by atoms with E-state index in [9.17, 15) is 0 Å². The first-order valence-electron chi connectivity index (χ1n) is 7.44. The van der Waals surface area contributed by atoms with Crippen LogP contribution in [0.15, 0.2) is 0 Å². The second-order valence-corrected chi connectivity index (χ2v) is 6.96. The van der Waals surface area contributed by atoms with Gasteiger partial charge in [0.25, 0.3) is 0 Å². The lowest BCUT2D eigenvalue weighted by Gasteiger charge is -2.54. The Morgan fingerprint density at radius 3 is 2.24 bits per heavy atom. The minimum atomic E-state index is 0.311. The number of rotatable bonds is 4. The van der Waals surface area contributed by atoms with Crippen molar-refractivity contribution in [3.05, 3.63) is 0 Å². The minimum absolute atomic E-state index is 0.311. The molecule has 0 aromatic carbocycles. The molecule has 1 saturated heterocycles. The number of nitrogens with zero attached hydrogens (tertiary/aromatic N) is 1. The lowest BCUT2D eigenvalue weighted by Crippen LogP contribution is -2.69. The highest BCUT2D eigenvalue weighted by atomic mass is 15.3. The maximum absolute atomic E-state index is 3.84. The molecular formula is C15H30N2. The van der Waals surface area contributed by atoms with Crippen LogP contribution in [-0.2, 0) is 0 Å². The molecule has 0 aromatic heterocycles. The highest BCUT2D eigenvalue weighted by Crippen LogP contribution is 2.43. The first kappa shape index (κ1) is 13.4. The first-order valence-corrected chi connectivity index (χ1v) is 7.44. The standard InChI is InChI=1S/C15H30N2/c1-6-13(7-2)17-11-15(5,12-8-9-12)16-10-14(17,3)4/h12-13,16H,6-11H2,1-5H3. The zero-order chi connectivity index (χ0) is 12.7. The Hall–Kier alpha value is -0.0800. The molecule has 2 heteroatoms. The largest absolute Gasteiger partial charge is 0.308 e. The quantitative estimate of drug-likeness (QED) is 0.810. The Balaban J connectivity index is 2.13. The Morgan fingerprint density at radius 2 is 1.76 bits per heavy atom. The zero-order valence-electron chi connectivity index (χ0n) is 12.3. The van der Waals surface area contributed by atoms with Gasteiger partial charge < -0.3 is 5.32 Å². The number of nitrogens with one attached hydrogen (secondary N) is 1. The molecule has 0 spiro atoms. The molecule has 2 nitrogen and oxygen atoms in total. The molecule has 100 valence electrons. The summed E-state index contributed by atoms with van der Waals surface area (Å²) in [6.07, 6.45) is 5.42. The fraction of sp³-hybridized carbons (Fsp3) is 1.00. The molecule has 0 radical (unpaired) electrons. The van der Waals surface area contributed by atoms with Gasteiger partial charge in [-0.2, -0.15) is 0 Å². The van der Waals surface area contributed by atoms with E-state index in [-0.39, 0.29) is 0 Å². The van der Waals surface area contributed by atoms with Crippen LogP contribution in [0.2, 0.25) is 0 Å². The highest BCUT2D eigenvalue weighted by molar-refractivity contribution is 5.07. The topological polar surface area (TPSA) is 15.3 Å². The molecule has 17 heavy (non-hydrogen) atoms. The van der Waals surface area contributed by atoms with E-state index < -0.39 is 0 Å². The van der Waals surface area contributed by atoms with Crippen LogP contribution in [0, 0.1) is 5.92 Å². The van der Waals surface area contributed by atoms with Crippen LogP contribution in [-0.4, -0.2) is 35.1 Å². The van der Waals surface area contributed by atoms with Crippen molar-refractivity contribution < 1.29 is 0 Å². The molecule has 2 fully saturated rings. The van der Waals surface area contributed by atoms with Crippen molar-refractivity contribution >= 4 is 0 Å². The van der Waals surface area contributed by atoms with Crippen LogP contribution >= 0.6 is 0 Å². The Kier molecular flexibility index (Phi) is 3.57. The zero-order valence-corrected chi connectivity index (χ0v) is 12.3. The van der Waals surface area contributed by atoms with Crippen molar-refractivity contribution in [2.24, 2.45) is 5.92 Å². The number of hydrogen-bond donors (Lipinski definition) is 1. The summed E-state index contributed by atoms with van der Waals surface area (Å²) < 4.78 is 0. The van der Waals surface area contributed by atoms with Gasteiger partial charge in [-0.05, 0) is 52.4 Å². The average molecular weight is 238 g/mol. The summed E-state index contributed by atoms with van der Waals surface area (Å²) in [5.74, 6) is 0.926. The van der Waals surface area contributed by atoms with Crippen molar-refractivity contribution in [3.8, 4) is 0 Å². The third kappa shape index (κ3) is 2.53. The number of hydrogen-bond acceptors (Lipinski definition) is 2. The van der Waals surface area contributed by atoms with Gasteiger partial charge in [-0.25, -0.2) is 0 Å². The molecule has 1 heterocycles. The van der Waals surface area contributed by atoms with Gasteiger partial charge in [0.05, 0.1) is 0 Å². The van der Waals surface area contributed by atoms with E-state index in [1.807, 2.05) is 0 Å². The van der Waals surface area contributed by atoms with Crippen molar-refractivity contribution in [2.75, 3.05) is 13.1 Å². The minimum Gasteiger partial charge on any atom is -0.308 e. The van der Waals surface area contributed by atoms with Crippen LogP contribution in [0.3, 0.4) is 0 Å². The molecule has 1 aliphatic heterocycles. The fourth-order valence-corrected chi connectivity index (χ4v) is 3.49. The van der Waals surface area contributed by atoms with E-state index in [2.05, 4.69) is 44.8 Å². The normalized spacial score (nSPS) is 34.2. The molecule has 1 N–H and O–H groups in total. The van der Waals surface area contributed by atoms with Crippen molar-refractivity contribution in [2.45, 2.75) is 77.4 Å². The van der Waals surface area contributed by atoms with Crippen LogP contribution < -0.4 is 5.32 Å². The van der Waals surface area contributed by atoms with E-state index >= 15 is 0 Å². The summed E-state index contributed by atoms with van der Waals surface area (Å²) in [4.78, 5) is 2.78. The second kappa shape index (κ2) is 4.55. The van der Waals surface area contributed by atoms with E-state index in [0.717, 1.165) is 18.5 Å². The van der Waals surface area contributed by atoms with Crippen LogP contribution in [0.5, 0.6) is 0 Å². The van der Waals surface area contributed by atoms with Crippen LogP contribution in [0.1, 0.15) is 60.3 Å². The highest BCUT2D eigenvalue weighted by Gasteiger charge is 2.49. The maximum Gasteiger partial charge on any atom is 0.0309 e. The molecule has 1 saturated carbocycles. The van der Waals surface area contributed by atoms with Crippen molar-refractivity contribution in [1.29, 1.82) is 0 Å². The van der Waals surface area contributed by atoms with E-state index in [0.29, 0.717) is 11.1 Å². The molecule has 1 atom stereocenters. The van der Waals surface area contributed by atoms with Gasteiger partial charge in [-0.15, -0.1) is 0 Å². The lowest BCUT2D eigenvalue weighted by atomic mass is 9.84.